The Bertz CT molecular complexity index is 389. The highest BCUT2D eigenvalue weighted by Crippen LogP contribution is 2.25. The lowest BCUT2D eigenvalue weighted by atomic mass is 10.2. The molecule has 16 heavy (non-hydrogen) atoms. The monoisotopic (exact) mass is 223 g/mol. The average Bonchev–Trinajstić information content (AvgIpc) is 2.24. The van der Waals surface area contributed by atoms with E-state index in [2.05, 4.69) is 0 Å². The molecule has 1 aromatic carbocycles. The second-order valence-electron chi connectivity index (χ2n) is 3.38. The molecule has 0 fully saturated rings. The molecule has 0 N–H and O–H groups in total. The molecule has 0 saturated heterocycles. The quantitative estimate of drug-likeness (QED) is 0.421. The normalized spacial score (nSPS) is 9.81. The van der Waals surface area contributed by atoms with Gasteiger partial charge >= 0.3 is 5.69 Å². The topological polar surface area (TPSA) is 69.4 Å². The van der Waals surface area contributed by atoms with Crippen molar-refractivity contribution in [2.75, 3.05) is 6.61 Å². The number of ketones is 1. The number of nitro groups is 1. The van der Waals surface area contributed by atoms with Crippen molar-refractivity contribution >= 4 is 11.5 Å². The second-order valence-corrected chi connectivity index (χ2v) is 3.38. The fraction of sp³-hybridized carbons (Fsp3) is 0.364. The predicted molar refractivity (Wildman–Crippen MR) is 58.5 cm³/mol. The number of nitro benzene ring substituents is 1. The van der Waals surface area contributed by atoms with Gasteiger partial charge in [-0.1, -0.05) is 12.1 Å². The van der Waals surface area contributed by atoms with Gasteiger partial charge in [-0.2, -0.15) is 0 Å². The predicted octanol–water partition coefficient (Wildman–Crippen LogP) is 2.34. The third-order valence-electron chi connectivity index (χ3n) is 1.99. The lowest BCUT2D eigenvalue weighted by Gasteiger charge is -2.05. The first-order valence-corrected chi connectivity index (χ1v) is 4.97. The van der Waals surface area contributed by atoms with Crippen LogP contribution in [-0.2, 0) is 4.79 Å². The van der Waals surface area contributed by atoms with E-state index in [4.69, 9.17) is 4.74 Å². The van der Waals surface area contributed by atoms with Crippen LogP contribution in [0.5, 0.6) is 5.75 Å². The maximum atomic E-state index is 10.7. The number of hydrogen-bond acceptors (Lipinski definition) is 4. The van der Waals surface area contributed by atoms with Crippen LogP contribution in [0, 0.1) is 10.1 Å². The summed E-state index contributed by atoms with van der Waals surface area (Å²) in [6.45, 7) is 1.81. The van der Waals surface area contributed by atoms with Crippen LogP contribution in [0.3, 0.4) is 0 Å². The van der Waals surface area contributed by atoms with Crippen LogP contribution in [0.4, 0.5) is 5.69 Å². The van der Waals surface area contributed by atoms with Gasteiger partial charge in [0.2, 0.25) is 0 Å². The summed E-state index contributed by atoms with van der Waals surface area (Å²) in [5, 5.41) is 10.6. The number of hydrogen-bond donors (Lipinski definition) is 0. The molecule has 1 rings (SSSR count). The van der Waals surface area contributed by atoms with E-state index < -0.39 is 4.92 Å². The first-order valence-electron chi connectivity index (χ1n) is 4.97. The molecule has 0 aromatic heterocycles. The summed E-state index contributed by atoms with van der Waals surface area (Å²) in [6, 6.07) is 6.19. The smallest absolute Gasteiger partial charge is 0.310 e. The largest absolute Gasteiger partial charge is 0.487 e. The van der Waals surface area contributed by atoms with Gasteiger partial charge in [0.15, 0.2) is 5.75 Å². The Balaban J connectivity index is 2.53. The van der Waals surface area contributed by atoms with Gasteiger partial charge < -0.3 is 9.53 Å². The molecule has 0 aliphatic heterocycles. The summed E-state index contributed by atoms with van der Waals surface area (Å²) in [5.41, 5.74) is -0.0506. The van der Waals surface area contributed by atoms with Gasteiger partial charge in [0.05, 0.1) is 11.5 Å². The van der Waals surface area contributed by atoms with E-state index in [-0.39, 0.29) is 17.2 Å². The highest BCUT2D eigenvalue weighted by molar-refractivity contribution is 5.75. The van der Waals surface area contributed by atoms with E-state index in [1.54, 1.807) is 18.2 Å². The van der Waals surface area contributed by atoms with Crippen LogP contribution in [0.25, 0.3) is 0 Å². The fourth-order valence-corrected chi connectivity index (χ4v) is 1.23. The summed E-state index contributed by atoms with van der Waals surface area (Å²) in [4.78, 5) is 20.8. The Kier molecular flexibility index (Phi) is 4.44. The van der Waals surface area contributed by atoms with E-state index >= 15 is 0 Å². The zero-order chi connectivity index (χ0) is 12.0. The number of benzene rings is 1. The first kappa shape index (κ1) is 12.2. The van der Waals surface area contributed by atoms with Gasteiger partial charge in [-0.3, -0.25) is 10.1 Å². The highest BCUT2D eigenvalue weighted by Gasteiger charge is 2.12. The summed E-state index contributed by atoms with van der Waals surface area (Å²) in [7, 11) is 0. The van der Waals surface area contributed by atoms with Crippen LogP contribution >= 0.6 is 0 Å². The molecular weight excluding hydrogens is 210 g/mol. The molecule has 0 atom stereocenters. The van der Waals surface area contributed by atoms with Gasteiger partial charge in [0.25, 0.3) is 0 Å². The summed E-state index contributed by atoms with van der Waals surface area (Å²) < 4.78 is 5.25. The van der Waals surface area contributed by atoms with Crippen molar-refractivity contribution in [3.8, 4) is 5.75 Å². The summed E-state index contributed by atoms with van der Waals surface area (Å²) >= 11 is 0. The van der Waals surface area contributed by atoms with Crippen molar-refractivity contribution in [1.29, 1.82) is 0 Å². The first-order chi connectivity index (χ1) is 7.61. The van der Waals surface area contributed by atoms with Crippen LogP contribution in [0.2, 0.25) is 0 Å². The zero-order valence-corrected chi connectivity index (χ0v) is 9.01. The highest BCUT2D eigenvalue weighted by atomic mass is 16.6. The fourth-order valence-electron chi connectivity index (χ4n) is 1.23. The number of rotatable bonds is 6. The standard InChI is InChI=1S/C11H13NO4/c1-9(13)5-4-8-16-11-7-3-2-6-10(11)12(14)15/h2-3,6-7H,4-5,8H2,1H3. The number of nitrogens with zero attached hydrogens (tertiary/aromatic N) is 1. The lowest BCUT2D eigenvalue weighted by Crippen LogP contribution is -2.02. The molecular formula is C11H13NO4. The molecule has 86 valence electrons. The Morgan fingerprint density at radius 1 is 1.44 bits per heavy atom. The van der Waals surface area contributed by atoms with Crippen LogP contribution in [0.15, 0.2) is 24.3 Å². The molecule has 5 heteroatoms. The maximum Gasteiger partial charge on any atom is 0.310 e. The van der Waals surface area contributed by atoms with E-state index in [0.717, 1.165) is 0 Å². The molecule has 0 aliphatic rings. The van der Waals surface area contributed by atoms with Gasteiger partial charge in [0, 0.05) is 12.5 Å². The van der Waals surface area contributed by atoms with Crippen molar-refractivity contribution in [2.24, 2.45) is 0 Å². The number of ether oxygens (including phenoxy) is 1. The molecule has 0 unspecified atom stereocenters. The van der Waals surface area contributed by atoms with Gasteiger partial charge in [-0.15, -0.1) is 0 Å². The maximum absolute atomic E-state index is 10.7. The summed E-state index contributed by atoms with van der Waals surface area (Å²) in [6.07, 6.45) is 1.00. The van der Waals surface area contributed by atoms with E-state index in [9.17, 15) is 14.9 Å². The number of carbonyl (C=O) groups excluding carboxylic acids is 1. The van der Waals surface area contributed by atoms with Gasteiger partial charge in [-0.05, 0) is 19.4 Å². The average molecular weight is 223 g/mol. The molecule has 0 amide bonds. The number of Topliss-reactive ketones (excluding diaryl/α,β-unsaturated/α-hetero) is 1. The molecule has 0 bridgehead atoms. The van der Waals surface area contributed by atoms with Crippen LogP contribution < -0.4 is 4.74 Å². The van der Waals surface area contributed by atoms with Gasteiger partial charge in [-0.25, -0.2) is 0 Å². The number of para-hydroxylation sites is 2. The minimum absolute atomic E-state index is 0.0506. The van der Waals surface area contributed by atoms with Crippen molar-refractivity contribution in [2.45, 2.75) is 19.8 Å². The van der Waals surface area contributed by atoms with Crippen molar-refractivity contribution < 1.29 is 14.5 Å². The molecule has 0 radical (unpaired) electrons. The van der Waals surface area contributed by atoms with Crippen molar-refractivity contribution in [3.05, 3.63) is 34.4 Å². The molecule has 0 saturated carbocycles. The Labute approximate surface area is 93.2 Å². The molecule has 1 aromatic rings. The van der Waals surface area contributed by atoms with Crippen molar-refractivity contribution in [1.82, 2.24) is 0 Å². The third kappa shape index (κ3) is 3.68. The molecule has 0 spiro atoms. The zero-order valence-electron chi connectivity index (χ0n) is 9.01. The van der Waals surface area contributed by atoms with Crippen molar-refractivity contribution in [3.63, 3.8) is 0 Å². The summed E-state index contributed by atoms with van der Waals surface area (Å²) in [5.74, 6) is 0.335. The van der Waals surface area contributed by atoms with Crippen LogP contribution in [0.1, 0.15) is 19.8 Å². The molecule has 5 nitrogen and oxygen atoms in total. The Morgan fingerprint density at radius 2 is 2.12 bits per heavy atom. The third-order valence-corrected chi connectivity index (χ3v) is 1.99. The van der Waals surface area contributed by atoms with Crippen LogP contribution in [-0.4, -0.2) is 17.3 Å². The SMILES string of the molecule is CC(=O)CCCOc1ccccc1[N+](=O)[O-]. The Morgan fingerprint density at radius 3 is 2.75 bits per heavy atom. The number of carbonyl (C=O) groups is 1. The van der Waals surface area contributed by atoms with E-state index in [1.807, 2.05) is 0 Å². The Hall–Kier alpha value is -1.91. The van der Waals surface area contributed by atoms with E-state index in [1.165, 1.54) is 13.0 Å². The minimum Gasteiger partial charge on any atom is -0.487 e. The second kappa shape index (κ2) is 5.85. The van der Waals surface area contributed by atoms with E-state index in [0.29, 0.717) is 19.4 Å². The van der Waals surface area contributed by atoms with Gasteiger partial charge in [0.1, 0.15) is 5.78 Å². The lowest BCUT2D eigenvalue weighted by molar-refractivity contribution is -0.385. The molecule has 0 heterocycles. The minimum atomic E-state index is -0.486. The molecule has 0 aliphatic carbocycles.